The second kappa shape index (κ2) is 8.38. The van der Waals surface area contributed by atoms with Crippen molar-refractivity contribution in [1.82, 2.24) is 0 Å². The first kappa shape index (κ1) is 21.7. The number of carbonyl (C=O) groups excluding carboxylic acids is 1. The van der Waals surface area contributed by atoms with Crippen molar-refractivity contribution in [3.63, 3.8) is 0 Å². The highest BCUT2D eigenvalue weighted by Crippen LogP contribution is 2.30. The van der Waals surface area contributed by atoms with E-state index < -0.39 is 50.1 Å². The van der Waals surface area contributed by atoms with E-state index in [0.29, 0.717) is 5.56 Å². The Bertz CT molecular complexity index is 1120. The lowest BCUT2D eigenvalue weighted by atomic mass is 9.79. The fraction of sp³-hybridized carbons (Fsp3) is 0.235. The van der Waals surface area contributed by atoms with Crippen molar-refractivity contribution in [2.75, 3.05) is 11.9 Å². The summed E-state index contributed by atoms with van der Waals surface area (Å²) >= 11 is 0. The number of ether oxygens (including phenoxy) is 1. The topological polar surface area (TPSA) is 145 Å². The molecule has 0 saturated heterocycles. The van der Waals surface area contributed by atoms with Crippen molar-refractivity contribution in [2.24, 2.45) is 0 Å². The van der Waals surface area contributed by atoms with Crippen molar-refractivity contribution in [3.8, 4) is 0 Å². The number of halogens is 1. The number of nitro groups is 1. The second-order valence-electron chi connectivity index (χ2n) is 6.35. The molecular weight excluding hydrogens is 422 g/mol. The lowest BCUT2D eigenvalue weighted by Crippen LogP contribution is -2.29. The molecule has 0 atom stereocenters. The molecule has 0 unspecified atom stereocenters. The summed E-state index contributed by atoms with van der Waals surface area (Å²) in [6.07, 6.45) is -1.00. The van der Waals surface area contributed by atoms with Gasteiger partial charge in [-0.1, -0.05) is 6.07 Å². The Labute approximate surface area is 170 Å². The Kier molecular flexibility index (Phi) is 6.05. The third-order valence-electron chi connectivity index (χ3n) is 4.34. The molecule has 0 fully saturated rings. The van der Waals surface area contributed by atoms with E-state index in [9.17, 15) is 32.7 Å². The molecule has 10 nitrogen and oxygen atoms in total. The third kappa shape index (κ3) is 4.42. The molecule has 0 spiro atoms. The number of nitrogens with zero attached hydrogens (tertiary/aromatic N) is 1. The van der Waals surface area contributed by atoms with Gasteiger partial charge >= 0.3 is 13.2 Å². The van der Waals surface area contributed by atoms with Gasteiger partial charge in [0.25, 0.3) is 5.69 Å². The number of sulfone groups is 1. The van der Waals surface area contributed by atoms with E-state index in [1.165, 1.54) is 13.0 Å². The van der Waals surface area contributed by atoms with Crippen LogP contribution in [0.15, 0.2) is 35.2 Å². The average molecular weight is 438 g/mol. The summed E-state index contributed by atoms with van der Waals surface area (Å²) in [5, 5.41) is 23.0. The van der Waals surface area contributed by atoms with Crippen molar-refractivity contribution in [1.29, 1.82) is 0 Å². The van der Waals surface area contributed by atoms with Gasteiger partial charge in [-0.15, -0.1) is 0 Å². The average Bonchev–Trinajstić information content (AvgIpc) is 3.01. The van der Waals surface area contributed by atoms with Gasteiger partial charge in [-0.2, -0.15) is 0 Å². The molecule has 1 amide bonds. The largest absolute Gasteiger partial charge is 0.491 e. The van der Waals surface area contributed by atoms with Gasteiger partial charge < -0.3 is 14.4 Å². The summed E-state index contributed by atoms with van der Waals surface area (Å²) in [4.78, 5) is 21.6. The van der Waals surface area contributed by atoms with Crippen LogP contribution in [0.3, 0.4) is 0 Å². The molecule has 158 valence electrons. The molecule has 0 saturated carbocycles. The maximum atomic E-state index is 14.4. The minimum atomic E-state index is -4.26. The van der Waals surface area contributed by atoms with Crippen LogP contribution in [0.25, 0.3) is 0 Å². The first-order valence-electron chi connectivity index (χ1n) is 8.68. The highest BCUT2D eigenvalue weighted by molar-refractivity contribution is 7.90. The van der Waals surface area contributed by atoms with Gasteiger partial charge in [-0.05, 0) is 30.1 Å². The van der Waals surface area contributed by atoms with Crippen LogP contribution in [0.2, 0.25) is 0 Å². The van der Waals surface area contributed by atoms with Gasteiger partial charge in [0.05, 0.1) is 34.5 Å². The molecule has 1 aliphatic rings. The molecule has 0 radical (unpaired) electrons. The maximum absolute atomic E-state index is 14.4. The number of carbonyl (C=O) groups is 1. The van der Waals surface area contributed by atoms with Gasteiger partial charge in [-0.3, -0.25) is 15.4 Å². The van der Waals surface area contributed by atoms with Crippen LogP contribution in [-0.2, 0) is 31.6 Å². The molecule has 13 heteroatoms. The predicted molar refractivity (Wildman–Crippen MR) is 103 cm³/mol. The summed E-state index contributed by atoms with van der Waals surface area (Å²) < 4.78 is 50.0. The zero-order valence-electron chi connectivity index (χ0n) is 15.6. The van der Waals surface area contributed by atoms with Crippen LogP contribution in [-0.4, -0.2) is 38.2 Å². The summed E-state index contributed by atoms with van der Waals surface area (Å²) in [5.74, 6) is -1.62. The van der Waals surface area contributed by atoms with E-state index in [0.717, 1.165) is 24.3 Å². The van der Waals surface area contributed by atoms with Crippen molar-refractivity contribution in [3.05, 3.63) is 57.4 Å². The molecule has 2 N–H and O–H groups in total. The van der Waals surface area contributed by atoms with Crippen molar-refractivity contribution >= 4 is 39.9 Å². The molecular formula is C17H16BFN2O8S. The summed E-state index contributed by atoms with van der Waals surface area (Å²) in [6.45, 7) is 1.52. The van der Waals surface area contributed by atoms with Crippen molar-refractivity contribution in [2.45, 2.75) is 24.2 Å². The molecule has 30 heavy (non-hydrogen) atoms. The van der Waals surface area contributed by atoms with E-state index in [1.807, 2.05) is 0 Å². The van der Waals surface area contributed by atoms with E-state index in [2.05, 4.69) is 5.32 Å². The fourth-order valence-electron chi connectivity index (χ4n) is 2.96. The zero-order chi connectivity index (χ0) is 22.1. The lowest BCUT2D eigenvalue weighted by molar-refractivity contribution is -0.384. The van der Waals surface area contributed by atoms with Crippen LogP contribution < -0.4 is 10.8 Å². The van der Waals surface area contributed by atoms with Gasteiger partial charge in [0.2, 0.25) is 0 Å². The van der Waals surface area contributed by atoms with Gasteiger partial charge in [0.1, 0.15) is 5.82 Å². The molecule has 3 rings (SSSR count). The zero-order valence-corrected chi connectivity index (χ0v) is 16.4. The van der Waals surface area contributed by atoms with Crippen LogP contribution in [0.5, 0.6) is 0 Å². The number of hydrogen-bond acceptors (Lipinski definition) is 8. The summed E-state index contributed by atoms with van der Waals surface area (Å²) in [7, 11) is -5.55. The smallest absolute Gasteiger partial charge is 0.450 e. The van der Waals surface area contributed by atoms with Crippen LogP contribution in [0, 0.1) is 15.9 Å². The fourth-order valence-corrected chi connectivity index (χ4v) is 4.47. The van der Waals surface area contributed by atoms with E-state index in [4.69, 9.17) is 9.39 Å². The van der Waals surface area contributed by atoms with E-state index >= 15 is 0 Å². The first-order chi connectivity index (χ1) is 14.1. The third-order valence-corrected chi connectivity index (χ3v) is 6.05. The van der Waals surface area contributed by atoms with E-state index in [-0.39, 0.29) is 29.9 Å². The van der Waals surface area contributed by atoms with E-state index in [1.54, 1.807) is 0 Å². The molecule has 0 aliphatic carbocycles. The minimum absolute atomic E-state index is 0.00356. The number of hydrogen-bond donors (Lipinski definition) is 2. The highest BCUT2D eigenvalue weighted by Gasteiger charge is 2.31. The van der Waals surface area contributed by atoms with Gasteiger partial charge in [0, 0.05) is 17.7 Å². The maximum Gasteiger partial charge on any atom is 0.491 e. The minimum Gasteiger partial charge on any atom is -0.450 e. The van der Waals surface area contributed by atoms with Gasteiger partial charge in [0.15, 0.2) is 9.84 Å². The Hall–Kier alpha value is -3.03. The van der Waals surface area contributed by atoms with Gasteiger partial charge in [-0.25, -0.2) is 17.6 Å². The number of fused-ring (bicyclic) bond motifs is 1. The van der Waals surface area contributed by atoms with Crippen LogP contribution >= 0.6 is 0 Å². The Morgan fingerprint density at radius 2 is 2.13 bits per heavy atom. The van der Waals surface area contributed by atoms with Crippen LogP contribution in [0.1, 0.15) is 18.1 Å². The first-order valence-corrected chi connectivity index (χ1v) is 10.3. The summed E-state index contributed by atoms with van der Waals surface area (Å²) in [5.41, 5.74) is -0.382. The summed E-state index contributed by atoms with van der Waals surface area (Å²) in [6, 6.07) is 5.08. The number of nitrogens with one attached hydrogen (secondary N) is 1. The Morgan fingerprint density at radius 3 is 2.80 bits per heavy atom. The number of amides is 1. The van der Waals surface area contributed by atoms with Crippen molar-refractivity contribution < 1.29 is 36.9 Å². The number of anilines is 1. The Balaban J connectivity index is 2.00. The van der Waals surface area contributed by atoms with Crippen LogP contribution in [0.4, 0.5) is 20.6 Å². The monoisotopic (exact) mass is 438 g/mol. The number of non-ortho nitro benzene ring substituents is 1. The predicted octanol–water partition coefficient (Wildman–Crippen LogP) is 1.49. The molecule has 0 bridgehead atoms. The number of benzene rings is 2. The molecule has 1 aliphatic heterocycles. The molecule has 2 aromatic carbocycles. The lowest BCUT2D eigenvalue weighted by Gasteiger charge is -2.13. The highest BCUT2D eigenvalue weighted by atomic mass is 32.2. The molecule has 0 aromatic heterocycles. The quantitative estimate of drug-likeness (QED) is 0.392. The number of nitro benzene ring substituents is 1. The molecule has 2 aromatic rings. The second-order valence-corrected chi connectivity index (χ2v) is 8.31. The SMILES string of the molecule is CCOC(=O)Nc1cc([N+](=O)[O-])ccc1S(=O)(=O)Cc1cc2c(cc1F)COB2O. The number of rotatable bonds is 6. The Morgan fingerprint density at radius 1 is 1.40 bits per heavy atom. The molecule has 1 heterocycles. The standard InChI is InChI=1S/C17H16BFN2O8S/c1-2-28-17(22)20-15-7-12(21(24)25)3-4-16(15)30(26,27)9-11-5-13-10(6-14(11)19)8-29-18(13)23/h3-7,23H,2,8-9H2,1H3,(H,20,22). The normalized spacial score (nSPS) is 13.1.